The molecule has 4 N–H and O–H groups in total. The first kappa shape index (κ1) is 12.7. The van der Waals surface area contributed by atoms with Gasteiger partial charge in [-0.1, -0.05) is 13.8 Å². The lowest BCUT2D eigenvalue weighted by Crippen LogP contribution is -2.20. The molecule has 0 aliphatic heterocycles. The Morgan fingerprint density at radius 3 is 2.88 bits per heavy atom. The van der Waals surface area contributed by atoms with Gasteiger partial charge in [0.15, 0.2) is 0 Å². The second kappa shape index (κ2) is 5.65. The van der Waals surface area contributed by atoms with Crippen molar-refractivity contribution in [1.82, 2.24) is 10.2 Å². The van der Waals surface area contributed by atoms with E-state index in [1.54, 1.807) is 12.4 Å². The van der Waals surface area contributed by atoms with E-state index < -0.39 is 0 Å². The molecule has 0 spiro atoms. The van der Waals surface area contributed by atoms with Gasteiger partial charge in [-0.25, -0.2) is 0 Å². The zero-order valence-corrected chi connectivity index (χ0v) is 9.92. The molecule has 0 saturated heterocycles. The molecule has 0 bridgehead atoms. The van der Waals surface area contributed by atoms with Gasteiger partial charge < -0.3 is 11.1 Å². The van der Waals surface area contributed by atoms with E-state index in [1.165, 1.54) is 0 Å². The van der Waals surface area contributed by atoms with Crippen molar-refractivity contribution in [3.8, 4) is 0 Å². The largest absolute Gasteiger partial charge is 0.330 e. The first-order valence-corrected chi connectivity index (χ1v) is 5.52. The molecule has 16 heavy (non-hydrogen) atoms. The second-order valence-corrected chi connectivity index (χ2v) is 4.74. The van der Waals surface area contributed by atoms with Crippen LogP contribution in [0, 0.1) is 5.41 Å². The van der Waals surface area contributed by atoms with Crippen molar-refractivity contribution >= 4 is 11.6 Å². The first-order valence-electron chi connectivity index (χ1n) is 5.52. The molecule has 0 atom stereocenters. The molecule has 1 rings (SSSR count). The van der Waals surface area contributed by atoms with E-state index in [1.807, 2.05) is 0 Å². The molecule has 0 aliphatic rings. The van der Waals surface area contributed by atoms with Crippen LogP contribution < -0.4 is 11.1 Å². The monoisotopic (exact) mass is 224 g/mol. The molecule has 5 nitrogen and oxygen atoms in total. The molecule has 5 heteroatoms. The number of hydrogen-bond donors (Lipinski definition) is 3. The fourth-order valence-electron chi connectivity index (χ4n) is 1.51. The second-order valence-electron chi connectivity index (χ2n) is 4.74. The van der Waals surface area contributed by atoms with E-state index in [-0.39, 0.29) is 11.3 Å². The number of hydrogen-bond acceptors (Lipinski definition) is 3. The van der Waals surface area contributed by atoms with Crippen molar-refractivity contribution in [2.45, 2.75) is 33.1 Å². The van der Waals surface area contributed by atoms with Crippen LogP contribution in [0.1, 0.15) is 33.1 Å². The highest BCUT2D eigenvalue weighted by atomic mass is 16.1. The van der Waals surface area contributed by atoms with Crippen molar-refractivity contribution in [2.24, 2.45) is 11.1 Å². The van der Waals surface area contributed by atoms with Gasteiger partial charge in [-0.05, 0) is 24.8 Å². The van der Waals surface area contributed by atoms with Gasteiger partial charge in [-0.15, -0.1) is 0 Å². The first-order chi connectivity index (χ1) is 7.53. The average Bonchev–Trinajstić information content (AvgIpc) is 2.68. The number of carbonyl (C=O) groups is 1. The van der Waals surface area contributed by atoms with Crippen LogP contribution in [-0.4, -0.2) is 22.6 Å². The standard InChI is InChI=1S/C11H20N4O/c1-11(2,5-6-12)4-3-10(16)15-9-7-13-14-8-9/h7-8H,3-6,12H2,1-2H3,(H,13,14)(H,15,16). The molecule has 0 saturated carbocycles. The molecule has 90 valence electrons. The summed E-state index contributed by atoms with van der Waals surface area (Å²) >= 11 is 0. The molecule has 0 radical (unpaired) electrons. The summed E-state index contributed by atoms with van der Waals surface area (Å²) in [6, 6.07) is 0. The molecule has 1 aromatic heterocycles. The van der Waals surface area contributed by atoms with Crippen LogP contribution in [0.25, 0.3) is 0 Å². The van der Waals surface area contributed by atoms with Crippen LogP contribution in [0.5, 0.6) is 0 Å². The third kappa shape index (κ3) is 4.44. The number of H-pyrrole nitrogens is 1. The maximum Gasteiger partial charge on any atom is 0.224 e. The van der Waals surface area contributed by atoms with Crippen molar-refractivity contribution in [1.29, 1.82) is 0 Å². The maximum absolute atomic E-state index is 11.6. The number of nitrogens with two attached hydrogens (primary N) is 1. The Hall–Kier alpha value is -1.36. The fourth-order valence-corrected chi connectivity index (χ4v) is 1.51. The van der Waals surface area contributed by atoms with Crippen LogP contribution >= 0.6 is 0 Å². The Kier molecular flexibility index (Phi) is 4.49. The Morgan fingerprint density at radius 2 is 2.31 bits per heavy atom. The summed E-state index contributed by atoms with van der Waals surface area (Å²) in [5, 5.41) is 9.18. The molecular formula is C11H20N4O. The highest BCUT2D eigenvalue weighted by molar-refractivity contribution is 5.90. The normalized spacial score (nSPS) is 11.4. The van der Waals surface area contributed by atoms with E-state index in [2.05, 4.69) is 29.4 Å². The number of aromatic amines is 1. The van der Waals surface area contributed by atoms with Gasteiger partial charge in [-0.3, -0.25) is 9.89 Å². The minimum absolute atomic E-state index is 0.0199. The summed E-state index contributed by atoms with van der Waals surface area (Å²) in [4.78, 5) is 11.6. The Balaban J connectivity index is 2.30. The van der Waals surface area contributed by atoms with Gasteiger partial charge in [0.2, 0.25) is 5.91 Å². The SMILES string of the molecule is CC(C)(CCN)CCC(=O)Nc1cn[nH]c1. The van der Waals surface area contributed by atoms with Gasteiger partial charge >= 0.3 is 0 Å². The van der Waals surface area contributed by atoms with Crippen molar-refractivity contribution < 1.29 is 4.79 Å². The number of nitrogens with one attached hydrogen (secondary N) is 2. The molecule has 0 fully saturated rings. The third-order valence-electron chi connectivity index (χ3n) is 2.63. The summed E-state index contributed by atoms with van der Waals surface area (Å²) in [6.45, 7) is 4.92. The number of carbonyl (C=O) groups excluding carboxylic acids is 1. The van der Waals surface area contributed by atoms with Crippen LogP contribution in [0.15, 0.2) is 12.4 Å². The molecule has 0 aromatic carbocycles. The molecule has 1 heterocycles. The number of anilines is 1. The van der Waals surface area contributed by atoms with Gasteiger partial charge in [0.1, 0.15) is 0 Å². The highest BCUT2D eigenvalue weighted by Gasteiger charge is 2.18. The maximum atomic E-state index is 11.6. The number of rotatable bonds is 6. The van der Waals surface area contributed by atoms with Gasteiger partial charge in [-0.2, -0.15) is 5.10 Å². The van der Waals surface area contributed by atoms with Gasteiger partial charge in [0, 0.05) is 12.6 Å². The van der Waals surface area contributed by atoms with Crippen molar-refractivity contribution in [3.05, 3.63) is 12.4 Å². The summed E-state index contributed by atoms with van der Waals surface area (Å²) < 4.78 is 0. The van der Waals surface area contributed by atoms with E-state index in [0.717, 1.165) is 12.8 Å². The number of aromatic nitrogens is 2. The Labute approximate surface area is 95.8 Å². The lowest BCUT2D eigenvalue weighted by Gasteiger charge is -2.23. The minimum atomic E-state index is 0.0199. The summed E-state index contributed by atoms with van der Waals surface area (Å²) in [5.41, 5.74) is 6.36. The number of amides is 1. The van der Waals surface area contributed by atoms with Crippen LogP contribution in [0.4, 0.5) is 5.69 Å². The topological polar surface area (TPSA) is 83.8 Å². The van der Waals surface area contributed by atoms with E-state index in [9.17, 15) is 4.79 Å². The molecule has 0 unspecified atom stereocenters. The fraction of sp³-hybridized carbons (Fsp3) is 0.636. The van der Waals surface area contributed by atoms with Crippen LogP contribution in [0.3, 0.4) is 0 Å². The lowest BCUT2D eigenvalue weighted by atomic mass is 9.84. The quantitative estimate of drug-likeness (QED) is 0.684. The van der Waals surface area contributed by atoms with Crippen LogP contribution in [0.2, 0.25) is 0 Å². The molecule has 0 aliphatic carbocycles. The van der Waals surface area contributed by atoms with E-state index in [4.69, 9.17) is 5.73 Å². The van der Waals surface area contributed by atoms with E-state index in [0.29, 0.717) is 18.7 Å². The van der Waals surface area contributed by atoms with Crippen LogP contribution in [-0.2, 0) is 4.79 Å². The summed E-state index contributed by atoms with van der Waals surface area (Å²) in [5.74, 6) is 0.0199. The predicted molar refractivity (Wildman–Crippen MR) is 63.9 cm³/mol. The van der Waals surface area contributed by atoms with Crippen molar-refractivity contribution in [3.63, 3.8) is 0 Å². The molecule has 1 amide bonds. The summed E-state index contributed by atoms with van der Waals surface area (Å²) in [7, 11) is 0. The Morgan fingerprint density at radius 1 is 1.56 bits per heavy atom. The van der Waals surface area contributed by atoms with Gasteiger partial charge in [0.05, 0.1) is 11.9 Å². The number of nitrogens with zero attached hydrogens (tertiary/aromatic N) is 1. The lowest BCUT2D eigenvalue weighted by molar-refractivity contribution is -0.116. The smallest absolute Gasteiger partial charge is 0.224 e. The van der Waals surface area contributed by atoms with Gasteiger partial charge in [0.25, 0.3) is 0 Å². The highest BCUT2D eigenvalue weighted by Crippen LogP contribution is 2.25. The molecule has 1 aromatic rings. The zero-order valence-electron chi connectivity index (χ0n) is 9.92. The zero-order chi connectivity index (χ0) is 12.0. The Bertz CT molecular complexity index is 319. The average molecular weight is 224 g/mol. The predicted octanol–water partition coefficient (Wildman–Crippen LogP) is 1.50. The molecular weight excluding hydrogens is 204 g/mol. The summed E-state index contributed by atoms with van der Waals surface area (Å²) in [6.07, 6.45) is 5.53. The van der Waals surface area contributed by atoms with Crippen molar-refractivity contribution in [2.75, 3.05) is 11.9 Å². The minimum Gasteiger partial charge on any atom is -0.330 e. The third-order valence-corrected chi connectivity index (χ3v) is 2.63. The van der Waals surface area contributed by atoms with E-state index >= 15 is 0 Å².